The van der Waals surface area contributed by atoms with Gasteiger partial charge >= 0.3 is 0 Å². The zero-order chi connectivity index (χ0) is 12.1. The number of hydrogen-bond donors (Lipinski definition) is 2. The number of thiazole rings is 1. The second-order valence-electron chi connectivity index (χ2n) is 3.42. The molecule has 3 N–H and O–H groups in total. The third-order valence-corrected chi connectivity index (χ3v) is 3.29. The number of amides is 1. The van der Waals surface area contributed by atoms with E-state index in [0.29, 0.717) is 6.54 Å². The Labute approximate surface area is 123 Å². The van der Waals surface area contributed by atoms with Gasteiger partial charge in [-0.3, -0.25) is 4.79 Å². The average molecular weight is 316 g/mol. The molecule has 0 aromatic carbocycles. The molecule has 1 aromatic heterocycles. The molecule has 0 radical (unpaired) electrons. The minimum atomic E-state index is -0.575. The van der Waals surface area contributed by atoms with E-state index in [1.54, 1.807) is 11.3 Å². The number of nitrogens with zero attached hydrogens (tertiary/aromatic N) is 1. The summed E-state index contributed by atoms with van der Waals surface area (Å²) in [6, 6.07) is 0. The van der Waals surface area contributed by atoms with Gasteiger partial charge in [-0.2, -0.15) is 0 Å². The predicted molar refractivity (Wildman–Crippen MR) is 77.8 cm³/mol. The van der Waals surface area contributed by atoms with Crippen LogP contribution >= 0.6 is 36.2 Å². The fourth-order valence-corrected chi connectivity index (χ4v) is 2.21. The van der Waals surface area contributed by atoms with E-state index in [1.165, 1.54) is 7.11 Å². The van der Waals surface area contributed by atoms with Crippen molar-refractivity contribution in [1.82, 2.24) is 10.3 Å². The van der Waals surface area contributed by atoms with E-state index < -0.39 is 6.10 Å². The zero-order valence-corrected chi connectivity index (χ0v) is 13.0. The fourth-order valence-electron chi connectivity index (χ4n) is 1.33. The highest BCUT2D eigenvalue weighted by Gasteiger charge is 2.15. The molecule has 0 saturated carbocycles. The van der Waals surface area contributed by atoms with Crippen molar-refractivity contribution < 1.29 is 9.53 Å². The lowest BCUT2D eigenvalue weighted by atomic mass is 10.3. The van der Waals surface area contributed by atoms with Gasteiger partial charge in [-0.05, 0) is 13.8 Å². The van der Waals surface area contributed by atoms with Crippen LogP contribution in [0.2, 0.25) is 0 Å². The van der Waals surface area contributed by atoms with Crippen LogP contribution in [0.15, 0.2) is 0 Å². The van der Waals surface area contributed by atoms with E-state index in [1.807, 2.05) is 13.8 Å². The first-order valence-electron chi connectivity index (χ1n) is 5.02. The number of nitrogens with two attached hydrogens (primary N) is 1. The van der Waals surface area contributed by atoms with Gasteiger partial charge in [0.2, 0.25) is 0 Å². The Bertz CT molecular complexity index is 370. The van der Waals surface area contributed by atoms with Crippen LogP contribution in [0.5, 0.6) is 0 Å². The van der Waals surface area contributed by atoms with Crippen LogP contribution in [0.4, 0.5) is 0 Å². The Morgan fingerprint density at radius 3 is 2.50 bits per heavy atom. The Balaban J connectivity index is 0. The maximum absolute atomic E-state index is 11.6. The van der Waals surface area contributed by atoms with Gasteiger partial charge in [0.15, 0.2) is 0 Å². The number of nitrogens with one attached hydrogen (secondary N) is 1. The van der Waals surface area contributed by atoms with Gasteiger partial charge in [0, 0.05) is 18.5 Å². The number of ether oxygens (including phenoxy) is 1. The number of carbonyl (C=O) groups excluding carboxylic acids is 1. The van der Waals surface area contributed by atoms with Crippen molar-refractivity contribution in [1.29, 1.82) is 0 Å². The first-order valence-corrected chi connectivity index (χ1v) is 5.83. The van der Waals surface area contributed by atoms with Crippen molar-refractivity contribution in [3.63, 3.8) is 0 Å². The molecule has 0 aliphatic carbocycles. The third-order valence-electron chi connectivity index (χ3n) is 2.21. The van der Waals surface area contributed by atoms with Crippen LogP contribution in [0.25, 0.3) is 0 Å². The minimum Gasteiger partial charge on any atom is -0.370 e. The van der Waals surface area contributed by atoms with E-state index in [9.17, 15) is 4.79 Å². The number of rotatable bonds is 5. The van der Waals surface area contributed by atoms with Crippen molar-refractivity contribution in [3.8, 4) is 0 Å². The molecule has 0 fully saturated rings. The van der Waals surface area contributed by atoms with Crippen LogP contribution in [0.1, 0.15) is 15.6 Å². The van der Waals surface area contributed by atoms with Crippen molar-refractivity contribution in [2.24, 2.45) is 5.73 Å². The van der Waals surface area contributed by atoms with Crippen LogP contribution in [-0.2, 0) is 16.1 Å². The maximum Gasteiger partial charge on any atom is 0.250 e. The van der Waals surface area contributed by atoms with E-state index in [0.717, 1.165) is 15.6 Å². The lowest BCUT2D eigenvalue weighted by molar-refractivity contribution is -0.130. The zero-order valence-electron chi connectivity index (χ0n) is 10.6. The van der Waals surface area contributed by atoms with Crippen molar-refractivity contribution in [2.45, 2.75) is 26.5 Å². The first-order chi connectivity index (χ1) is 7.58. The summed E-state index contributed by atoms with van der Waals surface area (Å²) in [4.78, 5) is 16.9. The molecule has 106 valence electrons. The van der Waals surface area contributed by atoms with Crippen molar-refractivity contribution in [3.05, 3.63) is 15.6 Å². The highest BCUT2D eigenvalue weighted by atomic mass is 35.5. The molecule has 0 saturated heterocycles. The summed E-state index contributed by atoms with van der Waals surface area (Å²) in [6.45, 7) is 4.54. The summed E-state index contributed by atoms with van der Waals surface area (Å²) in [5.74, 6) is -0.185. The number of methoxy groups -OCH3 is 1. The molecule has 1 aromatic rings. The van der Waals surface area contributed by atoms with Gasteiger partial charge in [0.05, 0.1) is 17.2 Å². The summed E-state index contributed by atoms with van der Waals surface area (Å²) in [5.41, 5.74) is 6.35. The molecule has 1 atom stereocenters. The average Bonchev–Trinajstić information content (AvgIpc) is 2.56. The molecular weight excluding hydrogens is 297 g/mol. The number of carbonyl (C=O) groups is 1. The molecule has 1 unspecified atom stereocenters. The van der Waals surface area contributed by atoms with E-state index in [4.69, 9.17) is 10.5 Å². The van der Waals surface area contributed by atoms with Gasteiger partial charge in [-0.25, -0.2) is 4.98 Å². The summed E-state index contributed by atoms with van der Waals surface area (Å²) < 4.78 is 4.94. The second kappa shape index (κ2) is 9.52. The third kappa shape index (κ3) is 5.49. The molecule has 0 bridgehead atoms. The number of aromatic nitrogens is 1. The molecule has 1 rings (SSSR count). The minimum absolute atomic E-state index is 0. The highest BCUT2D eigenvalue weighted by Crippen LogP contribution is 2.16. The van der Waals surface area contributed by atoms with Crippen LogP contribution in [0.3, 0.4) is 0 Å². The van der Waals surface area contributed by atoms with Crippen LogP contribution in [-0.4, -0.2) is 30.6 Å². The smallest absolute Gasteiger partial charge is 0.250 e. The number of aryl methyl sites for hydroxylation is 2. The highest BCUT2D eigenvalue weighted by molar-refractivity contribution is 7.11. The Kier molecular flexibility index (Phi) is 10.5. The van der Waals surface area contributed by atoms with Crippen LogP contribution in [0, 0.1) is 13.8 Å². The van der Waals surface area contributed by atoms with Gasteiger partial charge in [-0.15, -0.1) is 36.2 Å². The lowest BCUT2D eigenvalue weighted by Gasteiger charge is -2.12. The number of hydrogen-bond acceptors (Lipinski definition) is 5. The topological polar surface area (TPSA) is 77.2 Å². The standard InChI is InChI=1S/C10H17N3O2S.2ClH/c1-6-9(16-7(2)13-6)5-12-10(14)8(4-11)15-3;;/h8H,4-5,11H2,1-3H3,(H,12,14);2*1H. The molecule has 1 amide bonds. The van der Waals surface area contributed by atoms with Crippen LogP contribution < -0.4 is 11.1 Å². The molecule has 5 nitrogen and oxygen atoms in total. The number of halogens is 2. The van der Waals surface area contributed by atoms with E-state index in [-0.39, 0.29) is 37.3 Å². The summed E-state index contributed by atoms with van der Waals surface area (Å²) >= 11 is 1.59. The molecule has 8 heteroatoms. The summed E-state index contributed by atoms with van der Waals surface area (Å²) in [5, 5.41) is 3.79. The van der Waals surface area contributed by atoms with Crippen molar-refractivity contribution in [2.75, 3.05) is 13.7 Å². The van der Waals surface area contributed by atoms with Gasteiger partial charge in [-0.1, -0.05) is 0 Å². The van der Waals surface area contributed by atoms with Gasteiger partial charge in [0.25, 0.3) is 5.91 Å². The Morgan fingerprint density at radius 2 is 2.11 bits per heavy atom. The predicted octanol–water partition coefficient (Wildman–Crippen LogP) is 1.19. The lowest BCUT2D eigenvalue weighted by Crippen LogP contribution is -2.40. The van der Waals surface area contributed by atoms with E-state index >= 15 is 0 Å². The fraction of sp³-hybridized carbons (Fsp3) is 0.600. The maximum atomic E-state index is 11.6. The van der Waals surface area contributed by atoms with Gasteiger partial charge in [0.1, 0.15) is 6.10 Å². The molecule has 0 aliphatic heterocycles. The SMILES string of the molecule is COC(CN)C(=O)NCc1sc(C)nc1C.Cl.Cl. The molecule has 1 heterocycles. The Hall–Kier alpha value is -0.400. The largest absolute Gasteiger partial charge is 0.370 e. The first kappa shape index (κ1) is 19.9. The summed E-state index contributed by atoms with van der Waals surface area (Å²) in [6.07, 6.45) is -0.575. The second-order valence-corrected chi connectivity index (χ2v) is 4.71. The van der Waals surface area contributed by atoms with Gasteiger partial charge < -0.3 is 15.8 Å². The molecule has 18 heavy (non-hydrogen) atoms. The molecule has 0 aliphatic rings. The summed E-state index contributed by atoms with van der Waals surface area (Å²) in [7, 11) is 1.47. The normalized spacial score (nSPS) is 11.1. The Morgan fingerprint density at radius 1 is 1.50 bits per heavy atom. The quantitative estimate of drug-likeness (QED) is 0.855. The monoisotopic (exact) mass is 315 g/mol. The molecule has 0 spiro atoms. The molecular formula is C10H19Cl2N3O2S. The van der Waals surface area contributed by atoms with Crippen molar-refractivity contribution >= 4 is 42.1 Å². The van der Waals surface area contributed by atoms with E-state index in [2.05, 4.69) is 10.3 Å².